The zero-order chi connectivity index (χ0) is 14.3. The summed E-state index contributed by atoms with van der Waals surface area (Å²) in [6.07, 6.45) is -3.26. The third-order valence-corrected chi connectivity index (χ3v) is 2.92. The summed E-state index contributed by atoms with van der Waals surface area (Å²) < 4.78 is 39.1. The second kappa shape index (κ2) is 4.45. The van der Waals surface area contributed by atoms with Gasteiger partial charge in [0.25, 0.3) is 5.78 Å². The highest BCUT2D eigenvalue weighted by Crippen LogP contribution is 2.28. The third-order valence-electron chi connectivity index (χ3n) is 2.67. The minimum Gasteiger partial charge on any atom is -0.266 e. The first-order valence-electron chi connectivity index (χ1n) is 5.50. The molecule has 0 fully saturated rings. The molecule has 0 atom stereocenters. The lowest BCUT2D eigenvalue weighted by Crippen LogP contribution is -2.09. The Hall–Kier alpha value is -2.15. The van der Waals surface area contributed by atoms with Gasteiger partial charge in [0.1, 0.15) is 5.69 Å². The lowest BCUT2D eigenvalue weighted by molar-refractivity contribution is -0.141. The van der Waals surface area contributed by atoms with Crippen LogP contribution in [-0.2, 0) is 6.18 Å². The molecule has 2 aromatic heterocycles. The fourth-order valence-corrected chi connectivity index (χ4v) is 1.87. The highest BCUT2D eigenvalue weighted by Gasteiger charge is 2.33. The summed E-state index contributed by atoms with van der Waals surface area (Å²) >= 11 is 5.78. The summed E-state index contributed by atoms with van der Waals surface area (Å²) in [6.45, 7) is 0. The zero-order valence-electron chi connectivity index (χ0n) is 9.76. The van der Waals surface area contributed by atoms with E-state index in [1.807, 2.05) is 0 Å². The Morgan fingerprint density at radius 3 is 2.35 bits per heavy atom. The Bertz CT molecular complexity index is 764. The van der Waals surface area contributed by atoms with Crippen LogP contribution in [0, 0.1) is 0 Å². The summed E-state index contributed by atoms with van der Waals surface area (Å²) in [5, 5.41) is 8.07. The van der Waals surface area contributed by atoms with Crippen LogP contribution in [-0.4, -0.2) is 19.6 Å². The molecule has 0 unspecified atom stereocenters. The topological polar surface area (TPSA) is 43.1 Å². The molecule has 0 aliphatic carbocycles. The Morgan fingerprint density at radius 1 is 1.00 bits per heavy atom. The largest absolute Gasteiger partial charge is 0.433 e. The van der Waals surface area contributed by atoms with Crippen molar-refractivity contribution in [2.75, 3.05) is 0 Å². The SMILES string of the molecule is FC(F)(F)c1ccn2c(-c3ccc(Cl)cc3)nnc2n1. The molecule has 0 aliphatic heterocycles. The molecule has 4 nitrogen and oxygen atoms in total. The van der Waals surface area contributed by atoms with Gasteiger partial charge in [-0.25, -0.2) is 4.98 Å². The van der Waals surface area contributed by atoms with Gasteiger partial charge in [-0.15, -0.1) is 10.2 Å². The van der Waals surface area contributed by atoms with E-state index in [1.54, 1.807) is 24.3 Å². The van der Waals surface area contributed by atoms with Crippen LogP contribution >= 0.6 is 11.6 Å². The predicted molar refractivity (Wildman–Crippen MR) is 66.2 cm³/mol. The third kappa shape index (κ3) is 2.20. The smallest absolute Gasteiger partial charge is 0.266 e. The number of benzene rings is 1. The minimum atomic E-state index is -4.51. The van der Waals surface area contributed by atoms with Crippen LogP contribution in [0.25, 0.3) is 17.2 Å². The van der Waals surface area contributed by atoms with E-state index in [9.17, 15) is 13.2 Å². The normalized spacial score (nSPS) is 12.0. The number of halogens is 4. The van der Waals surface area contributed by atoms with Gasteiger partial charge in [0, 0.05) is 16.8 Å². The second-order valence-electron chi connectivity index (χ2n) is 4.01. The lowest BCUT2D eigenvalue weighted by Gasteiger charge is -2.05. The van der Waals surface area contributed by atoms with E-state index in [1.165, 1.54) is 10.6 Å². The van der Waals surface area contributed by atoms with Crippen LogP contribution < -0.4 is 0 Å². The maximum Gasteiger partial charge on any atom is 0.433 e. The number of aromatic nitrogens is 4. The van der Waals surface area contributed by atoms with E-state index >= 15 is 0 Å². The average Bonchev–Trinajstić information content (AvgIpc) is 2.81. The molecule has 0 bridgehead atoms. The predicted octanol–water partition coefficient (Wildman–Crippen LogP) is 3.46. The Kier molecular flexibility index (Phi) is 2.86. The number of hydrogen-bond donors (Lipinski definition) is 0. The molecule has 3 aromatic rings. The molecule has 0 spiro atoms. The van der Waals surface area contributed by atoms with Gasteiger partial charge in [0.2, 0.25) is 0 Å². The van der Waals surface area contributed by atoms with Crippen molar-refractivity contribution in [3.05, 3.63) is 47.2 Å². The Balaban J connectivity index is 2.13. The van der Waals surface area contributed by atoms with Crippen molar-refractivity contribution in [3.8, 4) is 11.4 Å². The van der Waals surface area contributed by atoms with Gasteiger partial charge in [0.05, 0.1) is 0 Å². The highest BCUT2D eigenvalue weighted by atomic mass is 35.5. The van der Waals surface area contributed by atoms with Crippen molar-refractivity contribution < 1.29 is 13.2 Å². The molecular formula is C12H6ClF3N4. The van der Waals surface area contributed by atoms with Gasteiger partial charge in [-0.1, -0.05) is 11.6 Å². The molecule has 0 N–H and O–H groups in total. The first kappa shape index (κ1) is 12.9. The van der Waals surface area contributed by atoms with Crippen molar-refractivity contribution in [3.63, 3.8) is 0 Å². The summed E-state index contributed by atoms with van der Waals surface area (Å²) in [7, 11) is 0. The number of rotatable bonds is 1. The average molecular weight is 299 g/mol. The highest BCUT2D eigenvalue weighted by molar-refractivity contribution is 6.30. The van der Waals surface area contributed by atoms with Crippen LogP contribution in [0.1, 0.15) is 5.69 Å². The van der Waals surface area contributed by atoms with E-state index in [4.69, 9.17) is 11.6 Å². The van der Waals surface area contributed by atoms with Gasteiger partial charge >= 0.3 is 6.18 Å². The van der Waals surface area contributed by atoms with E-state index in [0.29, 0.717) is 16.4 Å². The van der Waals surface area contributed by atoms with Crippen molar-refractivity contribution in [2.24, 2.45) is 0 Å². The second-order valence-corrected chi connectivity index (χ2v) is 4.45. The molecule has 3 rings (SSSR count). The van der Waals surface area contributed by atoms with E-state index < -0.39 is 11.9 Å². The van der Waals surface area contributed by atoms with E-state index in [-0.39, 0.29) is 5.78 Å². The molecular weight excluding hydrogens is 293 g/mol. The fourth-order valence-electron chi connectivity index (χ4n) is 1.74. The van der Waals surface area contributed by atoms with Crippen LogP contribution in [0.3, 0.4) is 0 Å². The van der Waals surface area contributed by atoms with Gasteiger partial charge < -0.3 is 0 Å². The van der Waals surface area contributed by atoms with Gasteiger partial charge in [-0.2, -0.15) is 13.2 Å². The number of alkyl halides is 3. The Labute approximate surface area is 115 Å². The molecule has 1 aromatic carbocycles. The van der Waals surface area contributed by atoms with Crippen LogP contribution in [0.2, 0.25) is 5.02 Å². The fraction of sp³-hybridized carbons (Fsp3) is 0.0833. The monoisotopic (exact) mass is 298 g/mol. The van der Waals surface area contributed by atoms with Crippen LogP contribution in [0.15, 0.2) is 36.5 Å². The molecule has 0 amide bonds. The summed E-state index contributed by atoms with van der Waals surface area (Å²) in [5.41, 5.74) is -0.316. The molecule has 0 saturated carbocycles. The van der Waals surface area contributed by atoms with Crippen molar-refractivity contribution in [2.45, 2.75) is 6.18 Å². The van der Waals surface area contributed by atoms with Crippen LogP contribution in [0.5, 0.6) is 0 Å². The summed E-state index contributed by atoms with van der Waals surface area (Å²) in [4.78, 5) is 3.45. The molecule has 2 heterocycles. The molecule has 0 saturated heterocycles. The van der Waals surface area contributed by atoms with Crippen molar-refractivity contribution in [1.29, 1.82) is 0 Å². The number of fused-ring (bicyclic) bond motifs is 1. The van der Waals surface area contributed by atoms with E-state index in [2.05, 4.69) is 15.2 Å². The molecule has 8 heteroatoms. The molecule has 0 radical (unpaired) electrons. The van der Waals surface area contributed by atoms with Crippen molar-refractivity contribution >= 4 is 17.4 Å². The molecule has 20 heavy (non-hydrogen) atoms. The number of nitrogens with zero attached hydrogens (tertiary/aromatic N) is 4. The maximum absolute atomic E-state index is 12.6. The van der Waals surface area contributed by atoms with Gasteiger partial charge in [-0.3, -0.25) is 4.40 Å². The first-order chi connectivity index (χ1) is 9.45. The van der Waals surface area contributed by atoms with Gasteiger partial charge in [-0.05, 0) is 30.3 Å². The minimum absolute atomic E-state index is 0.107. The Morgan fingerprint density at radius 2 is 1.70 bits per heavy atom. The molecule has 0 aliphatic rings. The standard InChI is InChI=1S/C12H6ClF3N4/c13-8-3-1-7(2-4-8)10-18-19-11-17-9(12(14,15)16)5-6-20(10)11/h1-6H. The first-order valence-corrected chi connectivity index (χ1v) is 5.88. The van der Waals surface area contributed by atoms with E-state index in [0.717, 1.165) is 6.07 Å². The van der Waals surface area contributed by atoms with Crippen LogP contribution in [0.4, 0.5) is 13.2 Å². The van der Waals surface area contributed by atoms with Gasteiger partial charge in [0.15, 0.2) is 5.82 Å². The maximum atomic E-state index is 12.6. The zero-order valence-corrected chi connectivity index (χ0v) is 10.5. The summed E-state index contributed by atoms with van der Waals surface area (Å²) in [6, 6.07) is 7.62. The quantitative estimate of drug-likeness (QED) is 0.691. The summed E-state index contributed by atoms with van der Waals surface area (Å²) in [5.74, 6) is 0.294. The molecule has 102 valence electrons. The number of hydrogen-bond acceptors (Lipinski definition) is 3. The lowest BCUT2D eigenvalue weighted by atomic mass is 10.2. The van der Waals surface area contributed by atoms with Crippen molar-refractivity contribution in [1.82, 2.24) is 19.6 Å².